The van der Waals surface area contributed by atoms with Gasteiger partial charge in [0.1, 0.15) is 4.88 Å². The van der Waals surface area contributed by atoms with Crippen LogP contribution in [0.5, 0.6) is 0 Å². The number of rotatable bonds is 5. The van der Waals surface area contributed by atoms with E-state index in [0.717, 1.165) is 21.0 Å². The molecule has 3 aromatic heterocycles. The van der Waals surface area contributed by atoms with E-state index in [-0.39, 0.29) is 5.91 Å². The molecule has 0 bridgehead atoms. The molecule has 0 fully saturated rings. The van der Waals surface area contributed by atoms with E-state index in [1.54, 1.807) is 18.3 Å². The molecule has 3 heterocycles. The summed E-state index contributed by atoms with van der Waals surface area (Å²) < 4.78 is 5.10. The third-order valence-corrected chi connectivity index (χ3v) is 5.41. The molecule has 4 rings (SSSR count). The summed E-state index contributed by atoms with van der Waals surface area (Å²) in [7, 11) is 0. The summed E-state index contributed by atoms with van der Waals surface area (Å²) in [6.45, 7) is 1.74. The normalized spacial score (nSPS) is 10.8. The van der Waals surface area contributed by atoms with Crippen molar-refractivity contribution in [3.63, 3.8) is 0 Å². The predicted molar refractivity (Wildman–Crippen MR) is 102 cm³/mol. The summed E-state index contributed by atoms with van der Waals surface area (Å²) in [5.41, 5.74) is 1.66. The zero-order valence-electron chi connectivity index (χ0n) is 13.8. The molecule has 0 radical (unpaired) electrons. The van der Waals surface area contributed by atoms with Gasteiger partial charge in [-0.25, -0.2) is 4.98 Å². The standard InChI is InChI=1S/C18H14N4O2S2/c1-11-19-17(22-24-11)16-15(12-6-3-2-4-7-12)21-18(26-16)20-14(23)10-13-8-5-9-25-13/h2-9H,10H2,1H3,(H,20,21,23). The van der Waals surface area contributed by atoms with Crippen molar-refractivity contribution in [3.8, 4) is 22.0 Å². The van der Waals surface area contributed by atoms with E-state index < -0.39 is 0 Å². The van der Waals surface area contributed by atoms with Crippen LogP contribution in [-0.4, -0.2) is 21.0 Å². The lowest BCUT2D eigenvalue weighted by Crippen LogP contribution is -2.13. The molecule has 130 valence electrons. The van der Waals surface area contributed by atoms with Crippen LogP contribution in [0.3, 0.4) is 0 Å². The monoisotopic (exact) mass is 382 g/mol. The van der Waals surface area contributed by atoms with E-state index in [1.807, 2.05) is 47.8 Å². The van der Waals surface area contributed by atoms with Crippen LogP contribution >= 0.6 is 22.7 Å². The number of anilines is 1. The fourth-order valence-electron chi connectivity index (χ4n) is 2.44. The number of hydrogen-bond donors (Lipinski definition) is 1. The van der Waals surface area contributed by atoms with Gasteiger partial charge < -0.3 is 9.84 Å². The van der Waals surface area contributed by atoms with E-state index >= 15 is 0 Å². The number of hydrogen-bond acceptors (Lipinski definition) is 7. The fourth-order valence-corrected chi connectivity index (χ4v) is 4.08. The van der Waals surface area contributed by atoms with E-state index in [9.17, 15) is 4.79 Å². The molecule has 0 unspecified atom stereocenters. The first-order chi connectivity index (χ1) is 12.7. The highest BCUT2D eigenvalue weighted by Crippen LogP contribution is 2.37. The molecule has 0 saturated carbocycles. The molecule has 6 nitrogen and oxygen atoms in total. The van der Waals surface area contributed by atoms with Crippen molar-refractivity contribution in [2.45, 2.75) is 13.3 Å². The number of aromatic nitrogens is 3. The van der Waals surface area contributed by atoms with Gasteiger partial charge in [0.15, 0.2) is 5.13 Å². The molecule has 0 aliphatic carbocycles. The average molecular weight is 382 g/mol. The SMILES string of the molecule is Cc1nc(-c2sc(NC(=O)Cc3cccs3)nc2-c2ccccc2)no1. The molecule has 0 aliphatic rings. The first-order valence-electron chi connectivity index (χ1n) is 7.88. The number of amides is 1. The van der Waals surface area contributed by atoms with Gasteiger partial charge in [0, 0.05) is 17.4 Å². The Kier molecular flexibility index (Phi) is 4.59. The van der Waals surface area contributed by atoms with Gasteiger partial charge in [0.2, 0.25) is 17.6 Å². The van der Waals surface area contributed by atoms with Crippen molar-refractivity contribution in [1.29, 1.82) is 0 Å². The van der Waals surface area contributed by atoms with Crippen LogP contribution < -0.4 is 5.32 Å². The molecule has 8 heteroatoms. The number of thiazole rings is 1. The smallest absolute Gasteiger partial charge is 0.231 e. The summed E-state index contributed by atoms with van der Waals surface area (Å²) in [6.07, 6.45) is 0.328. The minimum atomic E-state index is -0.100. The Bertz CT molecular complexity index is 1020. The van der Waals surface area contributed by atoms with Crippen LogP contribution in [0.25, 0.3) is 22.0 Å². The molecular weight excluding hydrogens is 368 g/mol. The van der Waals surface area contributed by atoms with Crippen molar-refractivity contribution in [2.75, 3.05) is 5.32 Å². The molecule has 4 aromatic rings. The maximum absolute atomic E-state index is 12.3. The highest BCUT2D eigenvalue weighted by atomic mass is 32.1. The fraction of sp³-hybridized carbons (Fsp3) is 0.111. The Morgan fingerprint density at radius 3 is 2.69 bits per heavy atom. The summed E-state index contributed by atoms with van der Waals surface area (Å²) in [4.78, 5) is 23.0. The van der Waals surface area contributed by atoms with Gasteiger partial charge in [-0.1, -0.05) is 52.9 Å². The van der Waals surface area contributed by atoms with Crippen LogP contribution in [0.4, 0.5) is 5.13 Å². The van der Waals surface area contributed by atoms with Gasteiger partial charge in [-0.2, -0.15) is 4.98 Å². The largest absolute Gasteiger partial charge is 0.339 e. The zero-order valence-corrected chi connectivity index (χ0v) is 15.4. The summed E-state index contributed by atoms with van der Waals surface area (Å²) in [5, 5.41) is 9.35. The second kappa shape index (κ2) is 7.19. The van der Waals surface area contributed by atoms with Gasteiger partial charge in [0.25, 0.3) is 0 Å². The number of carbonyl (C=O) groups excluding carboxylic acids is 1. The number of nitrogens with zero attached hydrogens (tertiary/aromatic N) is 3. The summed E-state index contributed by atoms with van der Waals surface area (Å²) in [6, 6.07) is 13.6. The lowest BCUT2D eigenvalue weighted by molar-refractivity contribution is -0.115. The van der Waals surface area contributed by atoms with E-state index in [1.165, 1.54) is 11.3 Å². The van der Waals surface area contributed by atoms with Crippen LogP contribution in [-0.2, 0) is 11.2 Å². The quantitative estimate of drug-likeness (QED) is 0.553. The number of nitrogens with one attached hydrogen (secondary N) is 1. The van der Waals surface area contributed by atoms with Crippen LogP contribution in [0.2, 0.25) is 0 Å². The van der Waals surface area contributed by atoms with Crippen molar-refractivity contribution >= 4 is 33.7 Å². The van der Waals surface area contributed by atoms with Gasteiger partial charge in [-0.05, 0) is 11.4 Å². The van der Waals surface area contributed by atoms with Crippen LogP contribution in [0.1, 0.15) is 10.8 Å². The molecular formula is C18H14N4O2S2. The molecule has 1 aromatic carbocycles. The van der Waals surface area contributed by atoms with Gasteiger partial charge in [-0.15, -0.1) is 11.3 Å². The van der Waals surface area contributed by atoms with Crippen LogP contribution in [0, 0.1) is 6.92 Å². The maximum atomic E-state index is 12.3. The van der Waals surface area contributed by atoms with Crippen molar-refractivity contribution in [2.24, 2.45) is 0 Å². The number of aryl methyl sites for hydroxylation is 1. The van der Waals surface area contributed by atoms with Crippen molar-refractivity contribution in [3.05, 3.63) is 58.6 Å². The van der Waals surface area contributed by atoms with Gasteiger partial charge in [0.05, 0.1) is 12.1 Å². The minimum absolute atomic E-state index is 0.100. The Hall–Kier alpha value is -2.84. The maximum Gasteiger partial charge on any atom is 0.231 e. The second-order valence-electron chi connectivity index (χ2n) is 5.50. The second-order valence-corrected chi connectivity index (χ2v) is 7.54. The average Bonchev–Trinajstić information content (AvgIpc) is 3.37. The first kappa shape index (κ1) is 16.6. The molecule has 26 heavy (non-hydrogen) atoms. The molecule has 0 aliphatic heterocycles. The van der Waals surface area contributed by atoms with Crippen LogP contribution in [0.15, 0.2) is 52.4 Å². The number of benzene rings is 1. The zero-order chi connectivity index (χ0) is 17.9. The Labute approximate surface area is 157 Å². The third kappa shape index (κ3) is 3.56. The number of thiophene rings is 1. The van der Waals surface area contributed by atoms with Crippen molar-refractivity contribution < 1.29 is 9.32 Å². The Morgan fingerprint density at radius 2 is 2.00 bits per heavy atom. The van der Waals surface area contributed by atoms with E-state index in [2.05, 4.69) is 20.4 Å². The minimum Gasteiger partial charge on any atom is -0.339 e. The topological polar surface area (TPSA) is 80.9 Å². The Morgan fingerprint density at radius 1 is 1.15 bits per heavy atom. The predicted octanol–water partition coefficient (Wildman–Crippen LogP) is 4.41. The molecule has 0 saturated heterocycles. The molecule has 0 spiro atoms. The van der Waals surface area contributed by atoms with Gasteiger partial charge >= 0.3 is 0 Å². The molecule has 0 atom stereocenters. The highest BCUT2D eigenvalue weighted by Gasteiger charge is 2.20. The third-order valence-electron chi connectivity index (χ3n) is 3.57. The molecule has 1 amide bonds. The van der Waals surface area contributed by atoms with Crippen molar-refractivity contribution in [1.82, 2.24) is 15.1 Å². The summed E-state index contributed by atoms with van der Waals surface area (Å²) >= 11 is 2.89. The molecule has 1 N–H and O–H groups in total. The van der Waals surface area contributed by atoms with E-state index in [0.29, 0.717) is 23.3 Å². The summed E-state index contributed by atoms with van der Waals surface area (Å²) in [5.74, 6) is 0.852. The van der Waals surface area contributed by atoms with Gasteiger partial charge in [-0.3, -0.25) is 4.79 Å². The lowest BCUT2D eigenvalue weighted by atomic mass is 10.1. The lowest BCUT2D eigenvalue weighted by Gasteiger charge is -1.99. The van der Waals surface area contributed by atoms with E-state index in [4.69, 9.17) is 4.52 Å². The Balaban J connectivity index is 1.66. The first-order valence-corrected chi connectivity index (χ1v) is 9.58. The number of carbonyl (C=O) groups is 1. The highest BCUT2D eigenvalue weighted by molar-refractivity contribution is 7.19.